The van der Waals surface area contributed by atoms with E-state index in [1.807, 2.05) is 0 Å². The van der Waals surface area contributed by atoms with Gasteiger partial charge in [-0.3, -0.25) is 28.9 Å². The van der Waals surface area contributed by atoms with E-state index in [2.05, 4.69) is 0 Å². The van der Waals surface area contributed by atoms with Gasteiger partial charge >= 0.3 is 0 Å². The van der Waals surface area contributed by atoms with Crippen LogP contribution in [0.2, 0.25) is 0 Å². The minimum absolute atomic E-state index is 0.0595. The number of aromatic hydroxyl groups is 1. The number of hydrogen-bond acceptors (Lipinski definition) is 9. The molecule has 0 saturated heterocycles. The number of fused-ring (bicyclic) bond motifs is 3. The molecule has 5 rings (SSSR count). The minimum Gasteiger partial charge on any atom is -0.507 e. The second-order valence-electron chi connectivity index (χ2n) is 10.9. The largest absolute Gasteiger partial charge is 0.507 e. The van der Waals surface area contributed by atoms with Crippen molar-refractivity contribution in [2.24, 2.45) is 35.1 Å². The quantitative estimate of drug-likeness (QED) is 0.385. The van der Waals surface area contributed by atoms with Crippen LogP contribution in [0.5, 0.6) is 5.75 Å². The second kappa shape index (κ2) is 9.36. The molecule has 10 nitrogen and oxygen atoms in total. The molecule has 3 aliphatic rings. The lowest BCUT2D eigenvalue weighted by Gasteiger charge is -2.52. The lowest BCUT2D eigenvalue weighted by Crippen LogP contribution is -2.74. The standard InChI is InChI=1S/C28H27F2N3O7/c1-33(2)21-16-7-10-5-15-14(13-4-3-12(29)8-17(13)30)6-11(9-31)22(34)19(15)23(35)18(10)25(37)28(16,40)26(38)20(24(21)36)27(32)39/h3-4,6,8,10,16,18,20-21,34,40H,5,7,9,31H2,1-2H3,(H2,32,39)/t10-,16-,18?,20?,21-,28-/m0/s1. The molecule has 2 aromatic rings. The molecule has 2 fully saturated rings. The van der Waals surface area contributed by atoms with Crippen molar-refractivity contribution in [2.75, 3.05) is 14.1 Å². The number of phenols is 1. The van der Waals surface area contributed by atoms with Gasteiger partial charge in [-0.05, 0) is 62.2 Å². The Labute approximate surface area is 226 Å². The summed E-state index contributed by atoms with van der Waals surface area (Å²) >= 11 is 0. The van der Waals surface area contributed by atoms with Crippen molar-refractivity contribution in [2.45, 2.75) is 31.0 Å². The number of amides is 1. The number of carbonyl (C=O) groups excluding carboxylic acids is 5. The zero-order valence-electron chi connectivity index (χ0n) is 21.6. The predicted octanol–water partition coefficient (Wildman–Crippen LogP) is 0.271. The van der Waals surface area contributed by atoms with Gasteiger partial charge in [0.1, 0.15) is 17.4 Å². The highest BCUT2D eigenvalue weighted by molar-refractivity contribution is 6.32. The summed E-state index contributed by atoms with van der Waals surface area (Å²) in [6, 6.07) is 3.04. The van der Waals surface area contributed by atoms with Gasteiger partial charge in [0.2, 0.25) is 5.91 Å². The molecule has 40 heavy (non-hydrogen) atoms. The summed E-state index contributed by atoms with van der Waals surface area (Å²) in [4.78, 5) is 67.9. The van der Waals surface area contributed by atoms with Crippen molar-refractivity contribution in [3.63, 3.8) is 0 Å². The molecule has 12 heteroatoms. The van der Waals surface area contributed by atoms with Crippen LogP contribution in [-0.4, -0.2) is 69.9 Å². The number of Topliss-reactive ketones (excluding diaryl/α,β-unsaturated/α-hetero) is 4. The van der Waals surface area contributed by atoms with Crippen LogP contribution in [-0.2, 0) is 32.1 Å². The third-order valence-corrected chi connectivity index (χ3v) is 8.58. The first kappa shape index (κ1) is 27.7. The summed E-state index contributed by atoms with van der Waals surface area (Å²) in [7, 11) is 2.97. The van der Waals surface area contributed by atoms with Gasteiger partial charge < -0.3 is 21.7 Å². The van der Waals surface area contributed by atoms with Gasteiger partial charge in [0.15, 0.2) is 34.7 Å². The molecule has 0 aliphatic heterocycles. The van der Waals surface area contributed by atoms with Crippen LogP contribution in [0.4, 0.5) is 8.78 Å². The highest BCUT2D eigenvalue weighted by Gasteiger charge is 2.69. The number of rotatable bonds is 4. The van der Waals surface area contributed by atoms with E-state index >= 15 is 0 Å². The van der Waals surface area contributed by atoms with E-state index in [1.165, 1.54) is 31.1 Å². The molecule has 0 radical (unpaired) electrons. The van der Waals surface area contributed by atoms with Crippen molar-refractivity contribution in [1.82, 2.24) is 4.90 Å². The summed E-state index contributed by atoms with van der Waals surface area (Å²) < 4.78 is 28.6. The Bertz CT molecular complexity index is 1520. The zero-order chi connectivity index (χ0) is 29.4. The fourth-order valence-electron chi connectivity index (χ4n) is 6.83. The van der Waals surface area contributed by atoms with Crippen LogP contribution in [0.15, 0.2) is 24.3 Å². The smallest absolute Gasteiger partial charge is 0.235 e. The number of benzene rings is 2. The molecule has 2 saturated carbocycles. The molecular weight excluding hydrogens is 528 g/mol. The van der Waals surface area contributed by atoms with Gasteiger partial charge in [-0.15, -0.1) is 0 Å². The van der Waals surface area contributed by atoms with Gasteiger partial charge in [0.25, 0.3) is 0 Å². The van der Waals surface area contributed by atoms with Crippen LogP contribution in [0.1, 0.15) is 27.9 Å². The maximum Gasteiger partial charge on any atom is 0.235 e. The molecule has 3 aliphatic carbocycles. The van der Waals surface area contributed by atoms with Gasteiger partial charge in [0, 0.05) is 29.7 Å². The molecular formula is C28H27F2N3O7. The number of nitrogens with two attached hydrogens (primary N) is 2. The predicted molar refractivity (Wildman–Crippen MR) is 135 cm³/mol. The van der Waals surface area contributed by atoms with E-state index in [0.29, 0.717) is 6.07 Å². The van der Waals surface area contributed by atoms with E-state index in [0.717, 1.165) is 6.07 Å². The van der Waals surface area contributed by atoms with Gasteiger partial charge in [-0.1, -0.05) is 0 Å². The number of hydrogen-bond donors (Lipinski definition) is 4. The molecule has 210 valence electrons. The third kappa shape index (κ3) is 3.66. The van der Waals surface area contributed by atoms with Crippen LogP contribution >= 0.6 is 0 Å². The lowest BCUT2D eigenvalue weighted by atomic mass is 9.52. The van der Waals surface area contributed by atoms with E-state index in [4.69, 9.17) is 11.5 Å². The van der Waals surface area contributed by atoms with Gasteiger partial charge in [-0.25, -0.2) is 8.78 Å². The first-order chi connectivity index (χ1) is 18.7. The Morgan fingerprint density at radius 2 is 1.77 bits per heavy atom. The molecule has 0 spiro atoms. The highest BCUT2D eigenvalue weighted by Crippen LogP contribution is 2.52. The summed E-state index contributed by atoms with van der Waals surface area (Å²) in [5, 5.41) is 22.6. The number of likely N-dealkylation sites (N-methyl/N-ethyl adjacent to an activating group) is 1. The normalized spacial score (nSPS) is 29.7. The highest BCUT2D eigenvalue weighted by atomic mass is 19.1. The van der Waals surface area contributed by atoms with E-state index in [1.54, 1.807) is 0 Å². The first-order valence-corrected chi connectivity index (χ1v) is 12.6. The average Bonchev–Trinajstić information content (AvgIpc) is 2.86. The Balaban J connectivity index is 1.71. The fourth-order valence-corrected chi connectivity index (χ4v) is 6.83. The number of nitrogens with zero attached hydrogens (tertiary/aromatic N) is 1. The van der Waals surface area contributed by atoms with Crippen molar-refractivity contribution in [3.8, 4) is 16.9 Å². The Hall–Kier alpha value is -3.87. The average molecular weight is 556 g/mol. The number of phenolic OH excluding ortho intramolecular Hbond substituents is 1. The molecule has 0 bridgehead atoms. The number of primary amides is 1. The van der Waals surface area contributed by atoms with Gasteiger partial charge in [-0.2, -0.15) is 0 Å². The molecule has 6 N–H and O–H groups in total. The van der Waals surface area contributed by atoms with Crippen LogP contribution in [0.25, 0.3) is 11.1 Å². The lowest BCUT2D eigenvalue weighted by molar-refractivity contribution is -0.181. The topological polar surface area (TPSA) is 181 Å². The number of ketones is 4. The third-order valence-electron chi connectivity index (χ3n) is 8.58. The number of aliphatic hydroxyl groups is 1. The molecule has 1 amide bonds. The summed E-state index contributed by atoms with van der Waals surface area (Å²) in [6.07, 6.45) is -0.231. The Kier molecular flexibility index (Phi) is 6.48. The van der Waals surface area contributed by atoms with Crippen LogP contribution in [0, 0.1) is 35.3 Å². The van der Waals surface area contributed by atoms with E-state index in [9.17, 15) is 43.0 Å². The maximum absolute atomic E-state index is 14.9. The molecule has 0 heterocycles. The summed E-state index contributed by atoms with van der Waals surface area (Å²) in [5.41, 5.74) is 8.27. The van der Waals surface area contributed by atoms with Gasteiger partial charge in [0.05, 0.1) is 17.5 Å². The SMILES string of the molecule is CN(C)[C@@H]1C(=O)C(C(N)=O)C(=O)[C@@]2(O)C(=O)C3C(=O)c4c(O)c(CN)cc(-c5ccc(F)cc5F)c4C[C@H]3C[C@@H]12. The first-order valence-electron chi connectivity index (χ1n) is 12.6. The zero-order valence-corrected chi connectivity index (χ0v) is 21.6. The minimum atomic E-state index is -2.86. The van der Waals surface area contributed by atoms with Crippen molar-refractivity contribution >= 4 is 29.0 Å². The summed E-state index contributed by atoms with van der Waals surface area (Å²) in [5.74, 6) is -13.8. The van der Waals surface area contributed by atoms with Crippen molar-refractivity contribution in [3.05, 3.63) is 52.6 Å². The molecule has 2 unspecified atom stereocenters. The summed E-state index contributed by atoms with van der Waals surface area (Å²) in [6.45, 7) is -0.262. The van der Waals surface area contributed by atoms with Crippen molar-refractivity contribution in [1.29, 1.82) is 0 Å². The van der Waals surface area contributed by atoms with E-state index < -0.39 is 81.7 Å². The molecule has 2 aromatic carbocycles. The van der Waals surface area contributed by atoms with Crippen molar-refractivity contribution < 1.29 is 43.0 Å². The second-order valence-corrected chi connectivity index (χ2v) is 10.9. The molecule has 0 aromatic heterocycles. The van der Waals surface area contributed by atoms with E-state index in [-0.39, 0.29) is 47.2 Å². The Morgan fingerprint density at radius 1 is 1.10 bits per heavy atom. The maximum atomic E-state index is 14.9. The number of carbonyl (C=O) groups is 5. The number of halogens is 2. The van der Waals surface area contributed by atoms with Crippen LogP contribution < -0.4 is 11.5 Å². The van der Waals surface area contributed by atoms with Crippen LogP contribution in [0.3, 0.4) is 0 Å². The Morgan fingerprint density at radius 3 is 2.35 bits per heavy atom. The fraction of sp³-hybridized carbons (Fsp3) is 0.393. The molecule has 6 atom stereocenters. The monoisotopic (exact) mass is 555 g/mol.